The van der Waals surface area contributed by atoms with Crippen molar-refractivity contribution in [3.63, 3.8) is 0 Å². The third-order valence-corrected chi connectivity index (χ3v) is 13.6. The van der Waals surface area contributed by atoms with Crippen molar-refractivity contribution in [1.82, 2.24) is 14.5 Å². The summed E-state index contributed by atoms with van der Waals surface area (Å²) in [6, 6.07) is 6.16. The molecule has 0 aliphatic carbocycles. The molecule has 7 heteroatoms. The average Bonchev–Trinajstić information content (AvgIpc) is 3.10. The highest BCUT2D eigenvalue weighted by molar-refractivity contribution is 6.90. The number of rotatable bonds is 4. The first-order valence-corrected chi connectivity index (χ1v) is 15.2. The van der Waals surface area contributed by atoms with Gasteiger partial charge in [0.15, 0.2) is 5.82 Å². The molecule has 2 aromatic rings. The Hall–Kier alpha value is -2.30. The molecule has 0 saturated carbocycles. The number of ether oxygens (including phenoxy) is 1. The lowest BCUT2D eigenvalue weighted by Crippen LogP contribution is -2.44. The average molecular weight is 497 g/mol. The van der Waals surface area contributed by atoms with E-state index < -0.39 is 19.8 Å². The number of carbonyl (C=O) groups is 1. The predicted molar refractivity (Wildman–Crippen MR) is 149 cm³/mol. The summed E-state index contributed by atoms with van der Waals surface area (Å²) in [5, 5.41) is 0. The summed E-state index contributed by atoms with van der Waals surface area (Å²) < 4.78 is 7.35. The second-order valence-corrected chi connectivity index (χ2v) is 17.4. The van der Waals surface area contributed by atoms with Crippen LogP contribution in [0.1, 0.15) is 68.1 Å². The molecule has 1 aromatic heterocycles. The van der Waals surface area contributed by atoms with Crippen molar-refractivity contribution in [2.45, 2.75) is 84.5 Å². The molecule has 0 atom stereocenters. The number of anilines is 1. The third-order valence-electron chi connectivity index (χ3n) is 7.34. The lowest BCUT2D eigenvalue weighted by molar-refractivity contribution is 0.0542. The zero-order valence-corrected chi connectivity index (χ0v) is 24.4. The van der Waals surface area contributed by atoms with E-state index in [1.807, 2.05) is 26.8 Å². The van der Waals surface area contributed by atoms with Gasteiger partial charge in [-0.05, 0) is 68.6 Å². The van der Waals surface area contributed by atoms with E-state index in [9.17, 15) is 4.79 Å². The van der Waals surface area contributed by atoms with Crippen LogP contribution in [-0.4, -0.2) is 67.4 Å². The van der Waals surface area contributed by atoms with Crippen LogP contribution in [0.25, 0.3) is 11.0 Å². The number of nitrogens with zero attached hydrogens (tertiary/aromatic N) is 4. The van der Waals surface area contributed by atoms with Crippen LogP contribution in [-0.2, 0) is 4.74 Å². The van der Waals surface area contributed by atoms with E-state index in [0.29, 0.717) is 22.4 Å². The van der Waals surface area contributed by atoms with Crippen molar-refractivity contribution in [2.75, 3.05) is 38.1 Å². The standard InChI is InChI=1S/C28H44N4O2Si/c1-20(2)35(21(3)4,22(5)6)18-13-26-29-24-19-23(31-16-14-30(10)15-17-31)11-12-25(24)32(26)27(33)34-28(7,8)9/h11-12,19-22H,14-17H2,1-10H3. The summed E-state index contributed by atoms with van der Waals surface area (Å²) in [7, 11) is 0.168. The molecule has 0 radical (unpaired) electrons. The number of likely N-dealkylation sites (N-methyl/N-ethyl adjacent to an activating group) is 1. The number of fused-ring (bicyclic) bond motifs is 1. The molecule has 6 nitrogen and oxygen atoms in total. The molecule has 1 fully saturated rings. The highest BCUT2D eigenvalue weighted by atomic mass is 28.3. The number of aromatic nitrogens is 2. The van der Waals surface area contributed by atoms with Crippen molar-refractivity contribution in [2.24, 2.45) is 0 Å². The fourth-order valence-electron chi connectivity index (χ4n) is 5.50. The minimum absolute atomic E-state index is 0.428. The van der Waals surface area contributed by atoms with E-state index in [-0.39, 0.29) is 0 Å². The lowest BCUT2D eigenvalue weighted by Gasteiger charge is -2.38. The number of imidazole rings is 1. The molecular formula is C28H44N4O2Si. The highest BCUT2D eigenvalue weighted by Gasteiger charge is 2.42. The minimum atomic E-state index is -1.99. The van der Waals surface area contributed by atoms with Crippen LogP contribution in [0.5, 0.6) is 0 Å². The first kappa shape index (κ1) is 27.3. The van der Waals surface area contributed by atoms with Crippen LogP contribution in [0, 0.1) is 11.5 Å². The maximum absolute atomic E-state index is 13.3. The van der Waals surface area contributed by atoms with E-state index in [0.717, 1.165) is 42.9 Å². The molecule has 3 rings (SSSR count). The number of carbonyl (C=O) groups excluding carboxylic acids is 1. The zero-order valence-electron chi connectivity index (χ0n) is 23.4. The van der Waals surface area contributed by atoms with Gasteiger partial charge in [-0.15, -0.1) is 5.54 Å². The number of benzene rings is 1. The molecule has 0 N–H and O–H groups in total. The fourth-order valence-corrected chi connectivity index (χ4v) is 10.7. The Morgan fingerprint density at radius 3 is 2.09 bits per heavy atom. The van der Waals surface area contributed by atoms with E-state index in [2.05, 4.69) is 82.0 Å². The molecule has 0 bridgehead atoms. The van der Waals surface area contributed by atoms with Gasteiger partial charge in [-0.3, -0.25) is 0 Å². The van der Waals surface area contributed by atoms with Crippen molar-refractivity contribution in [1.29, 1.82) is 0 Å². The summed E-state index contributed by atoms with van der Waals surface area (Å²) in [4.78, 5) is 22.9. The normalized spacial score (nSPS) is 15.7. The summed E-state index contributed by atoms with van der Waals surface area (Å²) >= 11 is 0. The SMILES string of the molecule is CC(C)[Si](C#Cc1nc2cc(N3CCN(C)CC3)ccc2n1C(=O)OC(C)(C)C)(C(C)C)C(C)C. The molecule has 1 aliphatic rings. The maximum Gasteiger partial charge on any atom is 0.421 e. The van der Waals surface area contributed by atoms with Gasteiger partial charge in [-0.2, -0.15) is 0 Å². The Labute approximate surface area is 213 Å². The molecule has 1 saturated heterocycles. The largest absolute Gasteiger partial charge is 0.443 e. The van der Waals surface area contributed by atoms with Crippen LogP contribution in [0.2, 0.25) is 16.6 Å². The fraction of sp³-hybridized carbons (Fsp3) is 0.643. The predicted octanol–water partition coefficient (Wildman–Crippen LogP) is 6.14. The van der Waals surface area contributed by atoms with Gasteiger partial charge in [-0.25, -0.2) is 14.3 Å². The van der Waals surface area contributed by atoms with Gasteiger partial charge in [0.25, 0.3) is 0 Å². The van der Waals surface area contributed by atoms with Gasteiger partial charge >= 0.3 is 6.09 Å². The van der Waals surface area contributed by atoms with E-state index in [1.165, 1.54) is 0 Å². The Morgan fingerprint density at radius 2 is 1.57 bits per heavy atom. The van der Waals surface area contributed by atoms with E-state index in [4.69, 9.17) is 9.72 Å². The highest BCUT2D eigenvalue weighted by Crippen LogP contribution is 2.40. The minimum Gasteiger partial charge on any atom is -0.443 e. The molecule has 0 amide bonds. The van der Waals surface area contributed by atoms with Crippen molar-refractivity contribution >= 4 is 30.9 Å². The third kappa shape index (κ3) is 5.75. The smallest absolute Gasteiger partial charge is 0.421 e. The Kier molecular flexibility index (Phi) is 8.08. The van der Waals surface area contributed by atoms with E-state index in [1.54, 1.807) is 4.57 Å². The first-order valence-electron chi connectivity index (χ1n) is 13.0. The van der Waals surface area contributed by atoms with Crippen LogP contribution >= 0.6 is 0 Å². The van der Waals surface area contributed by atoms with Crippen LogP contribution in [0.3, 0.4) is 0 Å². The molecule has 192 valence electrons. The lowest BCUT2D eigenvalue weighted by atomic mass is 10.2. The van der Waals surface area contributed by atoms with Crippen molar-refractivity contribution < 1.29 is 9.53 Å². The second kappa shape index (κ2) is 10.4. The van der Waals surface area contributed by atoms with Crippen molar-refractivity contribution in [3.05, 3.63) is 24.0 Å². The molecule has 35 heavy (non-hydrogen) atoms. The quantitative estimate of drug-likeness (QED) is 0.376. The Bertz CT molecular complexity index is 1090. The topological polar surface area (TPSA) is 50.6 Å². The van der Waals surface area contributed by atoms with Crippen molar-refractivity contribution in [3.8, 4) is 11.5 Å². The van der Waals surface area contributed by atoms with E-state index >= 15 is 0 Å². The molecule has 2 heterocycles. The summed E-state index contributed by atoms with van der Waals surface area (Å²) in [5.74, 6) is 3.88. The van der Waals surface area contributed by atoms with Crippen LogP contribution in [0.4, 0.5) is 10.5 Å². The summed E-state index contributed by atoms with van der Waals surface area (Å²) in [5.41, 5.74) is 7.28. The first-order chi connectivity index (χ1) is 16.3. The second-order valence-electron chi connectivity index (χ2n) is 11.9. The Morgan fingerprint density at radius 1 is 1.00 bits per heavy atom. The number of hydrogen-bond donors (Lipinski definition) is 0. The van der Waals surface area contributed by atoms with Gasteiger partial charge < -0.3 is 14.5 Å². The van der Waals surface area contributed by atoms with Crippen LogP contribution < -0.4 is 4.90 Å². The summed E-state index contributed by atoms with van der Waals surface area (Å²) in [6.45, 7) is 23.4. The molecular weight excluding hydrogens is 452 g/mol. The van der Waals surface area contributed by atoms with Gasteiger partial charge in [-0.1, -0.05) is 41.5 Å². The van der Waals surface area contributed by atoms with Crippen LogP contribution in [0.15, 0.2) is 18.2 Å². The number of piperazine rings is 1. The van der Waals surface area contributed by atoms with Gasteiger partial charge in [0.05, 0.1) is 11.0 Å². The summed E-state index contributed by atoms with van der Waals surface area (Å²) in [6.07, 6.45) is -0.428. The molecule has 0 spiro atoms. The van der Waals surface area contributed by atoms with Gasteiger partial charge in [0.1, 0.15) is 13.7 Å². The molecule has 1 aromatic carbocycles. The zero-order chi connectivity index (χ0) is 26.1. The number of hydrogen-bond acceptors (Lipinski definition) is 5. The molecule has 0 unspecified atom stereocenters. The Balaban J connectivity index is 2.15. The van der Waals surface area contributed by atoms with Gasteiger partial charge in [0, 0.05) is 31.9 Å². The van der Waals surface area contributed by atoms with Gasteiger partial charge in [0.2, 0.25) is 0 Å². The monoisotopic (exact) mass is 496 g/mol. The maximum atomic E-state index is 13.3. The molecule has 1 aliphatic heterocycles.